The van der Waals surface area contributed by atoms with E-state index in [9.17, 15) is 0 Å². The number of hydrogen-bond acceptors (Lipinski definition) is 28. The van der Waals surface area contributed by atoms with Crippen molar-refractivity contribution in [2.45, 2.75) is 149 Å². The molecule has 4 radical (unpaired) electrons. The minimum absolute atomic E-state index is 0.0608. The van der Waals surface area contributed by atoms with Crippen molar-refractivity contribution in [3.63, 3.8) is 0 Å². The molecule has 85 heavy (non-hydrogen) atoms. The highest BCUT2D eigenvalue weighted by atomic mass is 28.6. The third-order valence-corrected chi connectivity index (χ3v) is 49.7. The molecule has 0 aromatic heterocycles. The standard InChI is InChI=1S/C48H88O28Si9/c1(9-49-25-41-33-57-41)17-77-65-79(18-2-10-50-26-42-34-58-42)68-82(21-5-13-53-29-45-37-61-45)70-80(19-3-11-51-27-43-35-59-43)66-78-67-81(20-4-12-52-28-44-36-60-44)71-83(69-79,22-6-14-54-30-46-38-62-46)75-85(74-82,24-8-16-56-32-48-40-64-48)76-84(72-80,73-81)23-7-15-55-31-47-39-63-47/h41-48H,1-40H2. The molecule has 12 aliphatic rings. The average Bonchev–Trinajstić information content (AvgIpc) is 1.78. The first-order valence-electron chi connectivity index (χ1n) is 31.1. The SMILES string of the molecule is C(COCC1CO1)C[Si]O[Si]1(CCCOCC2CO2)O[Si]2(CCCOCC3CO3)O[Si]3(CCCOCC4CO4)O[Si]O[Si]4(CCCOCC5CO5)O[Si](CCCOCC5CO5)(O1)O[Si](CCCOCC1CO1)(O2)O[Si](CCCOCC1CO1)(O3)O4. The fraction of sp³-hybridized carbons (Fsp3) is 1.00. The van der Waals surface area contributed by atoms with Crippen molar-refractivity contribution in [1.29, 1.82) is 0 Å². The van der Waals surface area contributed by atoms with E-state index >= 15 is 0 Å². The molecule has 12 rings (SSSR count). The van der Waals surface area contributed by atoms with E-state index in [1.165, 1.54) is 0 Å². The monoisotopic (exact) mass is 1360 g/mol. The van der Waals surface area contributed by atoms with Crippen LogP contribution in [0.1, 0.15) is 51.4 Å². The molecule has 484 valence electrons. The Kier molecular flexibility index (Phi) is 24.7. The van der Waals surface area contributed by atoms with Crippen molar-refractivity contribution in [1.82, 2.24) is 0 Å². The van der Waals surface area contributed by atoms with Gasteiger partial charge in [-0.3, -0.25) is 0 Å². The summed E-state index contributed by atoms with van der Waals surface area (Å²) in [6.45, 7) is 12.3. The summed E-state index contributed by atoms with van der Waals surface area (Å²) in [6.07, 6.45) is 4.64. The third kappa shape index (κ3) is 22.5. The predicted molar refractivity (Wildman–Crippen MR) is 305 cm³/mol. The van der Waals surface area contributed by atoms with E-state index in [-0.39, 0.29) is 101 Å². The first-order chi connectivity index (χ1) is 41.7. The Bertz CT molecular complexity index is 1920. The summed E-state index contributed by atoms with van der Waals surface area (Å²) < 4.78 is 188. The van der Waals surface area contributed by atoms with Crippen molar-refractivity contribution in [2.75, 3.05) is 159 Å². The van der Waals surface area contributed by atoms with Gasteiger partial charge in [0.1, 0.15) is 48.8 Å². The lowest BCUT2D eigenvalue weighted by Gasteiger charge is -2.59. The number of hydrogen-bond donors (Lipinski definition) is 0. The summed E-state index contributed by atoms with van der Waals surface area (Å²) in [7, 11) is -30.9. The number of rotatable bonds is 50. The van der Waals surface area contributed by atoms with Crippen LogP contribution in [-0.2, 0) is 125 Å². The zero-order valence-electron chi connectivity index (χ0n) is 48.8. The van der Waals surface area contributed by atoms with Gasteiger partial charge < -0.3 is 125 Å². The van der Waals surface area contributed by atoms with Crippen LogP contribution in [0.2, 0.25) is 48.4 Å². The molecule has 12 fully saturated rings. The van der Waals surface area contributed by atoms with E-state index in [1.807, 2.05) is 0 Å². The van der Waals surface area contributed by atoms with Crippen molar-refractivity contribution in [3.05, 3.63) is 0 Å². The molecule has 0 aliphatic carbocycles. The van der Waals surface area contributed by atoms with Gasteiger partial charge in [0.2, 0.25) is 9.76 Å². The molecular formula is C48H88O28Si9. The summed E-state index contributed by atoms with van der Waals surface area (Å²) >= 11 is 0. The van der Waals surface area contributed by atoms with E-state index in [4.69, 9.17) is 125 Å². The average molecular weight is 1370 g/mol. The molecule has 12 aliphatic heterocycles. The molecule has 12 atom stereocenters. The van der Waals surface area contributed by atoms with E-state index < -0.39 is 71.6 Å². The Morgan fingerprint density at radius 3 is 0.776 bits per heavy atom. The van der Waals surface area contributed by atoms with Crippen molar-refractivity contribution in [3.8, 4) is 0 Å². The molecule has 12 unspecified atom stereocenters. The van der Waals surface area contributed by atoms with Gasteiger partial charge in [-0.15, -0.1) is 0 Å². The molecule has 0 N–H and O–H groups in total. The second-order valence-electron chi connectivity index (χ2n) is 23.3. The molecular weight excluding hydrogens is 1280 g/mol. The van der Waals surface area contributed by atoms with Gasteiger partial charge in [-0.05, 0) is 57.4 Å². The summed E-state index contributed by atoms with van der Waals surface area (Å²) in [4.78, 5) is 0. The first-order valence-corrected chi connectivity index (χ1v) is 46.5. The molecule has 0 amide bonds. The second-order valence-corrected chi connectivity index (χ2v) is 47.1. The summed E-state index contributed by atoms with van der Waals surface area (Å²) in [5.74, 6) is 0. The lowest BCUT2D eigenvalue weighted by Crippen LogP contribution is -2.83. The quantitative estimate of drug-likeness (QED) is 0.0477. The lowest BCUT2D eigenvalue weighted by atomic mass is 10.5. The molecule has 37 heteroatoms. The summed E-state index contributed by atoms with van der Waals surface area (Å²) in [5.41, 5.74) is 0. The number of epoxide rings is 8. The van der Waals surface area contributed by atoms with Gasteiger partial charge in [-0.25, -0.2) is 0 Å². The van der Waals surface area contributed by atoms with Crippen LogP contribution in [0.25, 0.3) is 0 Å². The molecule has 0 aromatic rings. The third-order valence-electron chi connectivity index (χ3n) is 15.0. The smallest absolute Gasteiger partial charge is 0.416 e. The fourth-order valence-corrected chi connectivity index (χ4v) is 54.1. The van der Waals surface area contributed by atoms with Gasteiger partial charge in [-0.2, -0.15) is 0 Å². The van der Waals surface area contributed by atoms with Gasteiger partial charge in [0, 0.05) is 95.2 Å². The highest BCUT2D eigenvalue weighted by Gasteiger charge is 2.78. The van der Waals surface area contributed by atoms with Crippen LogP contribution in [0.5, 0.6) is 0 Å². The van der Waals surface area contributed by atoms with Crippen LogP contribution < -0.4 is 0 Å². The molecule has 28 nitrogen and oxygen atoms in total. The van der Waals surface area contributed by atoms with Crippen molar-refractivity contribution >= 4 is 81.4 Å². The second kappa shape index (κ2) is 31.8. The molecule has 0 spiro atoms. The normalized spacial score (nSPS) is 39.8. The molecule has 6 bridgehead atoms. The molecule has 12 heterocycles. The van der Waals surface area contributed by atoms with Gasteiger partial charge in [0.05, 0.1) is 106 Å². The predicted octanol–water partition coefficient (Wildman–Crippen LogP) is 1.83. The van der Waals surface area contributed by atoms with Gasteiger partial charge in [0.25, 0.3) is 0 Å². The van der Waals surface area contributed by atoms with E-state index in [1.54, 1.807) is 0 Å². The van der Waals surface area contributed by atoms with Gasteiger partial charge in [0.15, 0.2) is 0 Å². The maximum atomic E-state index is 8.09. The van der Waals surface area contributed by atoms with E-state index in [2.05, 4.69) is 0 Å². The van der Waals surface area contributed by atoms with Crippen LogP contribution in [-0.4, -0.2) is 289 Å². The van der Waals surface area contributed by atoms with Gasteiger partial charge in [-0.1, -0.05) is 0 Å². The largest absolute Gasteiger partial charge is 0.478 e. The number of ether oxygens (including phenoxy) is 16. The lowest BCUT2D eigenvalue weighted by molar-refractivity contribution is -0.00112. The molecule has 0 saturated carbocycles. The van der Waals surface area contributed by atoms with E-state index in [0.29, 0.717) is 203 Å². The Hall–Kier alpha value is 0.832. The van der Waals surface area contributed by atoms with Crippen LogP contribution in [0.15, 0.2) is 0 Å². The zero-order chi connectivity index (χ0) is 57.6. The molecule has 0 aromatic carbocycles. The van der Waals surface area contributed by atoms with Crippen molar-refractivity contribution < 1.29 is 125 Å². The molecule has 12 saturated heterocycles. The Labute approximate surface area is 511 Å². The highest BCUT2D eigenvalue weighted by molar-refractivity contribution is 6.99. The summed E-state index contributed by atoms with van der Waals surface area (Å²) in [6, 6.07) is 2.45. The fourth-order valence-electron chi connectivity index (χ4n) is 9.96. The van der Waals surface area contributed by atoms with Crippen molar-refractivity contribution in [2.24, 2.45) is 0 Å². The van der Waals surface area contributed by atoms with Crippen LogP contribution in [0, 0.1) is 0 Å². The zero-order valence-corrected chi connectivity index (χ0v) is 57.8. The van der Waals surface area contributed by atoms with Crippen LogP contribution >= 0.6 is 0 Å². The maximum Gasteiger partial charge on any atom is 0.478 e. The number of fused-ring (bicyclic) bond motifs is 4. The Morgan fingerprint density at radius 2 is 0.506 bits per heavy atom. The minimum Gasteiger partial charge on any atom is -0.416 e. The topological polar surface area (TPSA) is 285 Å². The van der Waals surface area contributed by atoms with Crippen LogP contribution in [0.3, 0.4) is 0 Å². The minimum atomic E-state index is -4.41. The highest BCUT2D eigenvalue weighted by Crippen LogP contribution is 2.50. The first kappa shape index (κ1) is 65.9. The Morgan fingerprint density at radius 1 is 0.282 bits per heavy atom. The maximum absolute atomic E-state index is 8.09. The summed E-state index contributed by atoms with van der Waals surface area (Å²) in [5, 5.41) is 0. The van der Waals surface area contributed by atoms with E-state index in [0.717, 1.165) is 13.0 Å². The van der Waals surface area contributed by atoms with Crippen LogP contribution in [0.4, 0.5) is 0 Å². The Balaban J connectivity index is 0.946. The van der Waals surface area contributed by atoms with Gasteiger partial charge >= 0.3 is 71.6 Å².